The maximum Gasteiger partial charge on any atom is 0.223 e. The molecule has 2 bridgehead atoms. The van der Waals surface area contributed by atoms with Gasteiger partial charge in [0, 0.05) is 24.4 Å². The Bertz CT molecular complexity index is 874. The van der Waals surface area contributed by atoms with E-state index in [0.717, 1.165) is 24.8 Å². The normalized spacial score (nSPS) is 33.1. The minimum Gasteiger partial charge on any atom is -0.400 e. The molecule has 1 heterocycles. The Morgan fingerprint density at radius 1 is 1.29 bits per heavy atom. The van der Waals surface area contributed by atoms with Crippen molar-refractivity contribution in [1.29, 1.82) is 0 Å². The SMILES string of the molecule is CC1C2CCC(N3CCCC3=O)(C(N)=C2/C=C(\N)c2c(F)cccc2F)[C@H]1C. The molecule has 0 spiro atoms. The Labute approximate surface area is 164 Å². The molecule has 1 aromatic rings. The first-order chi connectivity index (χ1) is 13.3. The van der Waals surface area contributed by atoms with Crippen molar-refractivity contribution >= 4 is 11.6 Å². The third-order valence-electron chi connectivity index (χ3n) is 7.31. The second-order valence-electron chi connectivity index (χ2n) is 8.43. The zero-order valence-corrected chi connectivity index (χ0v) is 16.3. The number of hydrogen-bond acceptors (Lipinski definition) is 3. The van der Waals surface area contributed by atoms with Gasteiger partial charge in [0.05, 0.1) is 11.1 Å². The van der Waals surface area contributed by atoms with Crippen molar-refractivity contribution in [2.45, 2.75) is 45.1 Å². The Kier molecular flexibility index (Phi) is 4.47. The number of nitrogens with zero attached hydrogens (tertiary/aromatic N) is 1. The number of hydrogen-bond donors (Lipinski definition) is 2. The molecular weight excluding hydrogens is 360 g/mol. The first-order valence-electron chi connectivity index (χ1n) is 10.0. The zero-order valence-electron chi connectivity index (χ0n) is 16.3. The van der Waals surface area contributed by atoms with Crippen molar-refractivity contribution in [3.63, 3.8) is 0 Å². The molecule has 4 N–H and O–H groups in total. The number of amides is 1. The monoisotopic (exact) mass is 387 g/mol. The number of nitrogens with two attached hydrogens (primary N) is 2. The van der Waals surface area contributed by atoms with Gasteiger partial charge in [0.25, 0.3) is 0 Å². The molecule has 1 aliphatic heterocycles. The fraction of sp³-hybridized carbons (Fsp3) is 0.500. The van der Waals surface area contributed by atoms with Crippen LogP contribution in [0.3, 0.4) is 0 Å². The number of fused-ring (bicyclic) bond motifs is 2. The lowest BCUT2D eigenvalue weighted by molar-refractivity contribution is -0.137. The maximum atomic E-state index is 14.2. The van der Waals surface area contributed by atoms with Gasteiger partial charge in [-0.15, -0.1) is 0 Å². The molecule has 6 heteroatoms. The molecule has 4 atom stereocenters. The van der Waals surface area contributed by atoms with Crippen molar-refractivity contribution in [3.05, 3.63) is 52.7 Å². The van der Waals surface area contributed by atoms with Crippen molar-refractivity contribution < 1.29 is 13.6 Å². The van der Waals surface area contributed by atoms with Gasteiger partial charge in [-0.3, -0.25) is 4.79 Å². The van der Waals surface area contributed by atoms with E-state index in [2.05, 4.69) is 13.8 Å². The van der Waals surface area contributed by atoms with Gasteiger partial charge in [-0.05, 0) is 60.8 Å². The lowest BCUT2D eigenvalue weighted by Gasteiger charge is -2.58. The molecule has 2 fully saturated rings. The van der Waals surface area contributed by atoms with Gasteiger partial charge in [0.15, 0.2) is 0 Å². The molecule has 4 nitrogen and oxygen atoms in total. The third kappa shape index (κ3) is 2.50. The van der Waals surface area contributed by atoms with Crippen LogP contribution in [-0.4, -0.2) is 22.9 Å². The van der Waals surface area contributed by atoms with E-state index in [1.54, 1.807) is 6.08 Å². The van der Waals surface area contributed by atoms with Crippen LogP contribution < -0.4 is 11.5 Å². The molecule has 1 amide bonds. The first kappa shape index (κ1) is 19.0. The predicted molar refractivity (Wildman–Crippen MR) is 104 cm³/mol. The Hall–Kier alpha value is -2.37. The molecule has 4 aliphatic rings. The van der Waals surface area contributed by atoms with E-state index in [4.69, 9.17) is 11.5 Å². The highest BCUT2D eigenvalue weighted by atomic mass is 19.1. The van der Waals surface area contributed by atoms with Crippen LogP contribution in [0.5, 0.6) is 0 Å². The molecule has 1 saturated heterocycles. The van der Waals surface area contributed by atoms with Gasteiger partial charge in [-0.2, -0.15) is 0 Å². The van der Waals surface area contributed by atoms with Crippen LogP contribution in [0.25, 0.3) is 5.70 Å². The van der Waals surface area contributed by atoms with E-state index in [1.165, 1.54) is 18.2 Å². The van der Waals surface area contributed by atoms with Crippen molar-refractivity contribution in [3.8, 4) is 0 Å². The minimum atomic E-state index is -0.695. The summed E-state index contributed by atoms with van der Waals surface area (Å²) in [5.41, 5.74) is 13.6. The summed E-state index contributed by atoms with van der Waals surface area (Å²) in [6, 6.07) is 3.70. The fourth-order valence-corrected chi connectivity index (χ4v) is 5.71. The summed E-state index contributed by atoms with van der Waals surface area (Å²) in [4.78, 5) is 14.6. The molecule has 0 aromatic heterocycles. The largest absolute Gasteiger partial charge is 0.400 e. The Morgan fingerprint density at radius 2 is 1.96 bits per heavy atom. The number of carbonyl (C=O) groups excluding carboxylic acids is 1. The van der Waals surface area contributed by atoms with Gasteiger partial charge in [-0.25, -0.2) is 8.78 Å². The van der Waals surface area contributed by atoms with Gasteiger partial charge < -0.3 is 16.4 Å². The molecule has 3 unspecified atom stereocenters. The van der Waals surface area contributed by atoms with Gasteiger partial charge in [0.1, 0.15) is 11.6 Å². The van der Waals surface area contributed by atoms with E-state index in [0.29, 0.717) is 24.6 Å². The summed E-state index contributed by atoms with van der Waals surface area (Å²) in [5, 5.41) is 0. The summed E-state index contributed by atoms with van der Waals surface area (Å²) < 4.78 is 28.4. The first-order valence-corrected chi connectivity index (χ1v) is 10.0. The van der Waals surface area contributed by atoms with Crippen LogP contribution in [0.15, 0.2) is 35.5 Å². The summed E-state index contributed by atoms with van der Waals surface area (Å²) in [6.45, 7) is 5.04. The molecule has 1 aromatic carbocycles. The number of rotatable bonds is 3. The quantitative estimate of drug-likeness (QED) is 0.833. The number of benzene rings is 1. The molecule has 1 saturated carbocycles. The van der Waals surface area contributed by atoms with Crippen LogP contribution in [-0.2, 0) is 4.79 Å². The Balaban J connectivity index is 1.85. The van der Waals surface area contributed by atoms with Crippen LogP contribution in [0, 0.1) is 29.4 Å². The summed E-state index contributed by atoms with van der Waals surface area (Å²) in [6.07, 6.45) is 4.73. The van der Waals surface area contributed by atoms with Crippen LogP contribution in [0.1, 0.15) is 45.1 Å². The molecule has 5 rings (SSSR count). The second kappa shape index (κ2) is 6.61. The number of halogens is 2. The molecule has 150 valence electrons. The van der Waals surface area contributed by atoms with Crippen LogP contribution >= 0.6 is 0 Å². The highest BCUT2D eigenvalue weighted by Crippen LogP contribution is 2.56. The van der Waals surface area contributed by atoms with Gasteiger partial charge in [-0.1, -0.05) is 19.9 Å². The molecule has 3 aliphatic carbocycles. The zero-order chi connectivity index (χ0) is 20.2. The van der Waals surface area contributed by atoms with Crippen molar-refractivity contribution in [1.82, 2.24) is 4.90 Å². The number of allylic oxidation sites excluding steroid dienone is 2. The highest BCUT2D eigenvalue weighted by Gasteiger charge is 2.57. The van der Waals surface area contributed by atoms with Gasteiger partial charge >= 0.3 is 0 Å². The van der Waals surface area contributed by atoms with E-state index in [-0.39, 0.29) is 29.0 Å². The predicted octanol–water partition coefficient (Wildman–Crippen LogP) is 3.53. The fourth-order valence-electron chi connectivity index (χ4n) is 5.71. The average Bonchev–Trinajstić information content (AvgIpc) is 3.08. The Morgan fingerprint density at radius 3 is 2.57 bits per heavy atom. The molecular formula is C22H27F2N3O. The van der Waals surface area contributed by atoms with Crippen LogP contribution in [0.4, 0.5) is 8.78 Å². The molecule has 0 radical (unpaired) electrons. The maximum absolute atomic E-state index is 14.2. The minimum absolute atomic E-state index is 0.0313. The summed E-state index contributed by atoms with van der Waals surface area (Å²) in [5.74, 6) is -0.572. The third-order valence-corrected chi connectivity index (χ3v) is 7.31. The second-order valence-corrected chi connectivity index (χ2v) is 8.43. The number of likely N-dealkylation sites (tertiary alicyclic amines) is 1. The van der Waals surface area contributed by atoms with E-state index in [9.17, 15) is 13.6 Å². The van der Waals surface area contributed by atoms with E-state index < -0.39 is 17.2 Å². The highest BCUT2D eigenvalue weighted by molar-refractivity contribution is 5.80. The van der Waals surface area contributed by atoms with E-state index >= 15 is 0 Å². The van der Waals surface area contributed by atoms with Gasteiger partial charge in [0.2, 0.25) is 5.91 Å². The average molecular weight is 387 g/mol. The smallest absolute Gasteiger partial charge is 0.223 e. The summed E-state index contributed by atoms with van der Waals surface area (Å²) in [7, 11) is 0. The standard InChI is InChI=1S/C22H27F2N3O/c1-12-13(2)22(27-10-4-7-19(27)28)9-8-14(12)15(21(22)26)11-18(25)20-16(23)5-3-6-17(20)24/h3,5-6,11-14H,4,7-10,25-26H2,1-2H3/b18-11-/t12?,13-,14?,22?/m0/s1. The summed E-state index contributed by atoms with van der Waals surface area (Å²) >= 11 is 0. The lowest BCUT2D eigenvalue weighted by Crippen LogP contribution is -2.64. The topological polar surface area (TPSA) is 72.3 Å². The lowest BCUT2D eigenvalue weighted by atomic mass is 9.54. The van der Waals surface area contributed by atoms with E-state index in [1.807, 2.05) is 4.90 Å². The number of carbonyl (C=O) groups is 1. The molecule has 28 heavy (non-hydrogen) atoms. The van der Waals surface area contributed by atoms with Crippen molar-refractivity contribution in [2.75, 3.05) is 6.54 Å². The van der Waals surface area contributed by atoms with Crippen molar-refractivity contribution in [2.24, 2.45) is 29.2 Å². The van der Waals surface area contributed by atoms with Crippen LogP contribution in [0.2, 0.25) is 0 Å².